The number of alkyl halides is 3. The number of para-hydroxylation sites is 1. The van der Waals surface area contributed by atoms with E-state index in [2.05, 4.69) is 10.1 Å². The summed E-state index contributed by atoms with van der Waals surface area (Å²) in [5.74, 6) is -1.38. The zero-order chi connectivity index (χ0) is 17.1. The molecule has 9 heteroatoms. The maximum atomic E-state index is 12.3. The van der Waals surface area contributed by atoms with Gasteiger partial charge in [0.05, 0.1) is 5.75 Å². The Balaban J connectivity index is 1.91. The summed E-state index contributed by atoms with van der Waals surface area (Å²) < 4.78 is 63.2. The lowest BCUT2D eigenvalue weighted by atomic mass is 10.1. The molecule has 0 saturated carbocycles. The number of hydrogen-bond donors (Lipinski definition) is 1. The quantitative estimate of drug-likeness (QED) is 0.884. The zero-order valence-electron chi connectivity index (χ0n) is 11.8. The first kappa shape index (κ1) is 17.3. The van der Waals surface area contributed by atoms with Crippen molar-refractivity contribution >= 4 is 15.7 Å². The molecule has 1 aromatic carbocycles. The van der Waals surface area contributed by atoms with Gasteiger partial charge in [-0.1, -0.05) is 24.3 Å². The maximum Gasteiger partial charge on any atom is 0.573 e. The van der Waals surface area contributed by atoms with Gasteiger partial charge in [-0.05, 0) is 6.07 Å². The van der Waals surface area contributed by atoms with Crippen LogP contribution in [0, 0.1) is 5.92 Å². The molecule has 1 aliphatic heterocycles. The van der Waals surface area contributed by atoms with Gasteiger partial charge in [-0.25, -0.2) is 8.42 Å². The minimum atomic E-state index is -4.82. The standard InChI is InChI=1S/C14H14F3NO4S/c15-14(16,17)22-12-4-2-1-3-11(12)8-18-13(19)7-10-5-6-23(20,21)9-10/h1-6,10H,7-9H2,(H,18,19). The number of sulfone groups is 1. The summed E-state index contributed by atoms with van der Waals surface area (Å²) in [6, 6.07) is 5.47. The number of amides is 1. The molecule has 1 aliphatic rings. The Labute approximate surface area is 131 Å². The van der Waals surface area contributed by atoms with Gasteiger partial charge in [-0.3, -0.25) is 4.79 Å². The van der Waals surface area contributed by atoms with E-state index in [1.165, 1.54) is 24.3 Å². The van der Waals surface area contributed by atoms with Crippen LogP contribution in [0.2, 0.25) is 0 Å². The van der Waals surface area contributed by atoms with E-state index in [1.807, 2.05) is 0 Å². The predicted octanol–water partition coefficient (Wildman–Crippen LogP) is 2.15. The summed E-state index contributed by atoms with van der Waals surface area (Å²) in [6.07, 6.45) is -3.42. The highest BCUT2D eigenvalue weighted by Crippen LogP contribution is 2.26. The third-order valence-corrected chi connectivity index (χ3v) is 4.59. The molecule has 0 aliphatic carbocycles. The molecule has 0 radical (unpaired) electrons. The summed E-state index contributed by atoms with van der Waals surface area (Å²) in [5.41, 5.74) is 0.174. The number of nitrogens with one attached hydrogen (secondary N) is 1. The Bertz CT molecular complexity index is 713. The van der Waals surface area contributed by atoms with Gasteiger partial charge in [0, 0.05) is 29.9 Å². The fraction of sp³-hybridized carbons (Fsp3) is 0.357. The Morgan fingerprint density at radius 3 is 2.61 bits per heavy atom. The molecule has 5 nitrogen and oxygen atoms in total. The van der Waals surface area contributed by atoms with Crippen LogP contribution in [0.1, 0.15) is 12.0 Å². The largest absolute Gasteiger partial charge is 0.573 e. The number of halogens is 3. The summed E-state index contributed by atoms with van der Waals surface area (Å²) in [4.78, 5) is 11.8. The Hall–Kier alpha value is -2.03. The van der Waals surface area contributed by atoms with Crippen molar-refractivity contribution in [2.75, 3.05) is 5.75 Å². The fourth-order valence-corrected chi connectivity index (χ4v) is 3.54. The second-order valence-electron chi connectivity index (χ2n) is 5.05. The molecule has 0 spiro atoms. The second kappa shape index (κ2) is 6.61. The van der Waals surface area contributed by atoms with Crippen molar-refractivity contribution in [3.63, 3.8) is 0 Å². The number of hydrogen-bond acceptors (Lipinski definition) is 4. The average molecular weight is 349 g/mol. The molecule has 1 aromatic rings. The van der Waals surface area contributed by atoms with Crippen molar-refractivity contribution in [3.05, 3.63) is 41.3 Å². The summed E-state index contributed by atoms with van der Waals surface area (Å²) in [5, 5.41) is 3.53. The Kier molecular flexibility index (Phi) is 4.98. The van der Waals surface area contributed by atoms with E-state index < -0.39 is 28.0 Å². The monoisotopic (exact) mass is 349 g/mol. The highest BCUT2D eigenvalue weighted by atomic mass is 32.2. The van der Waals surface area contributed by atoms with Gasteiger partial charge in [0.25, 0.3) is 0 Å². The highest BCUT2D eigenvalue weighted by molar-refractivity contribution is 7.94. The average Bonchev–Trinajstić information content (AvgIpc) is 2.75. The van der Waals surface area contributed by atoms with Crippen LogP contribution in [0.25, 0.3) is 0 Å². The number of carbonyl (C=O) groups is 1. The van der Waals surface area contributed by atoms with Gasteiger partial charge in [-0.15, -0.1) is 13.2 Å². The molecule has 0 fully saturated rings. The van der Waals surface area contributed by atoms with Gasteiger partial charge in [0.1, 0.15) is 5.75 Å². The van der Waals surface area contributed by atoms with Crippen LogP contribution in [-0.4, -0.2) is 26.4 Å². The smallest absolute Gasteiger partial charge is 0.405 e. The van der Waals surface area contributed by atoms with Gasteiger partial charge < -0.3 is 10.1 Å². The van der Waals surface area contributed by atoms with Crippen LogP contribution < -0.4 is 10.1 Å². The molecule has 23 heavy (non-hydrogen) atoms. The molecular formula is C14H14F3NO4S. The molecule has 0 bridgehead atoms. The summed E-state index contributed by atoms with van der Waals surface area (Å²) >= 11 is 0. The number of benzene rings is 1. The van der Waals surface area contributed by atoms with Crippen LogP contribution >= 0.6 is 0 Å². The molecule has 0 aromatic heterocycles. The van der Waals surface area contributed by atoms with Crippen LogP contribution in [0.4, 0.5) is 13.2 Å². The molecule has 1 unspecified atom stereocenters. The normalized spacial score (nSPS) is 19.5. The van der Waals surface area contributed by atoms with E-state index in [0.29, 0.717) is 0 Å². The van der Waals surface area contributed by atoms with Crippen molar-refractivity contribution in [2.24, 2.45) is 5.92 Å². The minimum Gasteiger partial charge on any atom is -0.405 e. The number of carbonyl (C=O) groups excluding carboxylic acids is 1. The van der Waals surface area contributed by atoms with Crippen LogP contribution in [0.5, 0.6) is 5.75 Å². The van der Waals surface area contributed by atoms with Crippen molar-refractivity contribution in [1.29, 1.82) is 0 Å². The second-order valence-corrected chi connectivity index (χ2v) is 6.99. The van der Waals surface area contributed by atoms with Crippen molar-refractivity contribution in [3.8, 4) is 5.75 Å². The predicted molar refractivity (Wildman–Crippen MR) is 76.0 cm³/mol. The first-order chi connectivity index (χ1) is 10.6. The van der Waals surface area contributed by atoms with E-state index in [4.69, 9.17) is 0 Å². The molecule has 0 saturated heterocycles. The molecule has 126 valence electrons. The third kappa shape index (κ3) is 5.59. The topological polar surface area (TPSA) is 72.5 Å². The summed E-state index contributed by atoms with van der Waals surface area (Å²) in [7, 11) is -3.24. The van der Waals surface area contributed by atoms with Gasteiger partial charge in [-0.2, -0.15) is 0 Å². The third-order valence-electron chi connectivity index (χ3n) is 3.13. The number of rotatable bonds is 5. The number of ether oxygens (including phenoxy) is 1. The summed E-state index contributed by atoms with van der Waals surface area (Å²) in [6.45, 7) is -0.145. The molecule has 1 atom stereocenters. The van der Waals surface area contributed by atoms with Crippen LogP contribution in [0.15, 0.2) is 35.7 Å². The SMILES string of the molecule is O=C(CC1C=CS(=O)(=O)C1)NCc1ccccc1OC(F)(F)F. The van der Waals surface area contributed by atoms with Gasteiger partial charge in [0.15, 0.2) is 9.84 Å². The minimum absolute atomic E-state index is 0.0436. The Morgan fingerprint density at radius 2 is 2.00 bits per heavy atom. The maximum absolute atomic E-state index is 12.3. The van der Waals surface area contributed by atoms with E-state index >= 15 is 0 Å². The first-order valence-corrected chi connectivity index (χ1v) is 8.37. The number of allylic oxidation sites excluding steroid dienone is 1. The van der Waals surface area contributed by atoms with E-state index in [9.17, 15) is 26.4 Å². The molecule has 1 heterocycles. The zero-order valence-corrected chi connectivity index (χ0v) is 12.7. The fourth-order valence-electron chi connectivity index (χ4n) is 2.15. The van der Waals surface area contributed by atoms with Crippen LogP contribution in [-0.2, 0) is 21.2 Å². The van der Waals surface area contributed by atoms with Crippen molar-refractivity contribution in [1.82, 2.24) is 5.32 Å². The van der Waals surface area contributed by atoms with Crippen LogP contribution in [0.3, 0.4) is 0 Å². The van der Waals surface area contributed by atoms with Crippen molar-refractivity contribution in [2.45, 2.75) is 19.3 Å². The Morgan fingerprint density at radius 1 is 1.30 bits per heavy atom. The van der Waals surface area contributed by atoms with E-state index in [-0.39, 0.29) is 30.0 Å². The van der Waals surface area contributed by atoms with E-state index in [1.54, 1.807) is 0 Å². The van der Waals surface area contributed by atoms with Gasteiger partial charge >= 0.3 is 6.36 Å². The highest BCUT2D eigenvalue weighted by Gasteiger charge is 2.32. The van der Waals surface area contributed by atoms with Crippen molar-refractivity contribution < 1.29 is 31.1 Å². The van der Waals surface area contributed by atoms with Gasteiger partial charge in [0.2, 0.25) is 5.91 Å². The lowest BCUT2D eigenvalue weighted by Gasteiger charge is -2.14. The molecule has 1 amide bonds. The molecule has 2 rings (SSSR count). The molecular weight excluding hydrogens is 335 g/mol. The lowest BCUT2D eigenvalue weighted by Crippen LogP contribution is -2.26. The van der Waals surface area contributed by atoms with E-state index in [0.717, 1.165) is 11.5 Å². The first-order valence-electron chi connectivity index (χ1n) is 6.66. The molecule has 1 N–H and O–H groups in total. The lowest BCUT2D eigenvalue weighted by molar-refractivity contribution is -0.274.